The van der Waals surface area contributed by atoms with Gasteiger partial charge in [0.05, 0.1) is 17.7 Å². The number of hydrogen-bond acceptors (Lipinski definition) is 6. The highest BCUT2D eigenvalue weighted by molar-refractivity contribution is 5.92. The molecule has 1 aromatic heterocycles. The Balaban J connectivity index is 2.07. The molecule has 0 saturated heterocycles. The number of methoxy groups -OCH3 is 1. The van der Waals surface area contributed by atoms with E-state index in [9.17, 15) is 14.9 Å². The number of aryl methyl sites for hydroxylation is 1. The molecule has 0 atom stereocenters. The number of nitrogens with one attached hydrogen (secondary N) is 3. The van der Waals surface area contributed by atoms with E-state index >= 15 is 0 Å². The fourth-order valence-electron chi connectivity index (χ4n) is 1.82. The van der Waals surface area contributed by atoms with E-state index in [1.165, 1.54) is 19.2 Å². The molecule has 1 heterocycles. The summed E-state index contributed by atoms with van der Waals surface area (Å²) in [6.45, 7) is 5.50. The molecule has 0 aliphatic carbocycles. The summed E-state index contributed by atoms with van der Waals surface area (Å²) in [7, 11) is 1.35. The number of aromatic amines is 1. The van der Waals surface area contributed by atoms with Gasteiger partial charge in [-0.15, -0.1) is 0 Å². The number of hydrogen-bond donors (Lipinski definition) is 3. The second kappa shape index (κ2) is 6.60. The van der Waals surface area contributed by atoms with Gasteiger partial charge in [0, 0.05) is 17.3 Å². The molecule has 0 saturated carbocycles. The summed E-state index contributed by atoms with van der Waals surface area (Å²) in [5, 5.41) is 17.5. The first-order chi connectivity index (χ1) is 10.9. The van der Waals surface area contributed by atoms with Crippen molar-refractivity contribution in [1.82, 2.24) is 21.0 Å². The molecule has 0 fully saturated rings. The van der Waals surface area contributed by atoms with Crippen LogP contribution in [0.2, 0.25) is 0 Å². The van der Waals surface area contributed by atoms with Gasteiger partial charge in [-0.05, 0) is 25.1 Å². The molecule has 120 valence electrons. The van der Waals surface area contributed by atoms with Crippen LogP contribution in [-0.4, -0.2) is 28.1 Å². The Labute approximate surface area is 131 Å². The Bertz CT molecular complexity index is 768. The van der Waals surface area contributed by atoms with Crippen LogP contribution in [0.1, 0.15) is 21.7 Å². The summed E-state index contributed by atoms with van der Waals surface area (Å²) in [6, 6.07) is 5.93. The quantitative estimate of drug-likeness (QED) is 0.548. The first kappa shape index (κ1) is 16.0. The van der Waals surface area contributed by atoms with Crippen LogP contribution in [0.5, 0.6) is 5.75 Å². The van der Waals surface area contributed by atoms with Crippen molar-refractivity contribution in [2.45, 2.75) is 6.92 Å². The molecule has 9 nitrogen and oxygen atoms in total. The fraction of sp³-hybridized carbons (Fsp3) is 0.143. The minimum atomic E-state index is -0.555. The van der Waals surface area contributed by atoms with Gasteiger partial charge < -0.3 is 4.74 Å². The van der Waals surface area contributed by atoms with Crippen LogP contribution in [0.25, 0.3) is 5.70 Å². The summed E-state index contributed by atoms with van der Waals surface area (Å²) in [5.74, 6) is -0.318. The molecule has 0 aliphatic rings. The van der Waals surface area contributed by atoms with E-state index in [4.69, 9.17) is 4.74 Å². The Kier molecular flexibility index (Phi) is 4.60. The molecule has 23 heavy (non-hydrogen) atoms. The third-order valence-corrected chi connectivity index (χ3v) is 2.99. The number of nitro benzene ring substituents is 1. The minimum absolute atomic E-state index is 0.141. The van der Waals surface area contributed by atoms with Crippen LogP contribution >= 0.6 is 0 Å². The van der Waals surface area contributed by atoms with Crippen molar-refractivity contribution in [3.8, 4) is 5.75 Å². The number of carbonyl (C=O) groups is 1. The van der Waals surface area contributed by atoms with E-state index in [0.717, 1.165) is 5.69 Å². The van der Waals surface area contributed by atoms with E-state index in [1.54, 1.807) is 19.1 Å². The molecule has 1 amide bonds. The number of nitrogens with zero attached hydrogens (tertiary/aromatic N) is 2. The molecule has 1 aromatic carbocycles. The highest BCUT2D eigenvalue weighted by Crippen LogP contribution is 2.29. The maximum absolute atomic E-state index is 11.8. The number of rotatable bonds is 6. The van der Waals surface area contributed by atoms with Gasteiger partial charge in [0.15, 0.2) is 11.4 Å². The summed E-state index contributed by atoms with van der Waals surface area (Å²) in [4.78, 5) is 22.3. The van der Waals surface area contributed by atoms with Crippen molar-refractivity contribution in [3.05, 3.63) is 57.9 Å². The number of benzene rings is 1. The van der Waals surface area contributed by atoms with Gasteiger partial charge in [-0.3, -0.25) is 30.9 Å². The molecule has 0 aliphatic heterocycles. The first-order valence-corrected chi connectivity index (χ1v) is 6.52. The van der Waals surface area contributed by atoms with Crippen LogP contribution in [-0.2, 0) is 0 Å². The maximum Gasteiger partial charge on any atom is 0.311 e. The van der Waals surface area contributed by atoms with Crippen LogP contribution in [0, 0.1) is 17.0 Å². The lowest BCUT2D eigenvalue weighted by Crippen LogP contribution is -2.36. The zero-order valence-electron chi connectivity index (χ0n) is 12.5. The van der Waals surface area contributed by atoms with Crippen LogP contribution in [0.3, 0.4) is 0 Å². The van der Waals surface area contributed by atoms with Crippen molar-refractivity contribution in [3.63, 3.8) is 0 Å². The molecular formula is C14H15N5O4. The molecule has 3 N–H and O–H groups in total. The third kappa shape index (κ3) is 3.64. The number of carbonyl (C=O) groups excluding carboxylic acids is 1. The van der Waals surface area contributed by atoms with Gasteiger partial charge >= 0.3 is 5.69 Å². The lowest BCUT2D eigenvalue weighted by atomic mass is 10.1. The Morgan fingerprint density at radius 3 is 2.70 bits per heavy atom. The summed E-state index contributed by atoms with van der Waals surface area (Å²) in [5.41, 5.74) is 6.51. The molecule has 0 bridgehead atoms. The third-order valence-electron chi connectivity index (χ3n) is 2.99. The average Bonchev–Trinajstić information content (AvgIpc) is 2.98. The number of H-pyrrole nitrogens is 1. The average molecular weight is 317 g/mol. The van der Waals surface area contributed by atoms with Gasteiger partial charge in [-0.1, -0.05) is 6.58 Å². The Morgan fingerprint density at radius 2 is 2.13 bits per heavy atom. The SMILES string of the molecule is C=C(NNC(=O)c1cc(C)[nH]n1)c1ccc(OC)c([N+](=O)[O-])c1. The summed E-state index contributed by atoms with van der Waals surface area (Å²) >= 11 is 0. The molecular weight excluding hydrogens is 302 g/mol. The predicted molar refractivity (Wildman–Crippen MR) is 82.6 cm³/mol. The number of aromatic nitrogens is 2. The molecule has 0 unspecified atom stereocenters. The van der Waals surface area contributed by atoms with Gasteiger partial charge in [0.2, 0.25) is 0 Å². The zero-order chi connectivity index (χ0) is 17.0. The van der Waals surface area contributed by atoms with Crippen LogP contribution in [0.4, 0.5) is 5.69 Å². The lowest BCUT2D eigenvalue weighted by Gasteiger charge is -2.11. The Morgan fingerprint density at radius 1 is 1.39 bits per heavy atom. The van der Waals surface area contributed by atoms with E-state index in [0.29, 0.717) is 5.56 Å². The predicted octanol–water partition coefficient (Wildman–Crippen LogP) is 1.54. The second-order valence-electron chi connectivity index (χ2n) is 4.64. The highest BCUT2D eigenvalue weighted by atomic mass is 16.6. The fourth-order valence-corrected chi connectivity index (χ4v) is 1.82. The summed E-state index contributed by atoms with van der Waals surface area (Å²) in [6.07, 6.45) is 0. The molecule has 2 aromatic rings. The van der Waals surface area contributed by atoms with Gasteiger partial charge in [-0.2, -0.15) is 5.10 Å². The molecule has 2 rings (SSSR count). The van der Waals surface area contributed by atoms with Crippen molar-refractivity contribution < 1.29 is 14.5 Å². The van der Waals surface area contributed by atoms with Gasteiger partial charge in [-0.25, -0.2) is 0 Å². The Hall–Kier alpha value is -3.36. The number of nitro groups is 1. The standard InChI is InChI=1S/C14H15N5O4/c1-8-6-11(17-15-8)14(20)18-16-9(2)10-4-5-13(23-3)12(7-10)19(21)22/h4-7,16H,2H2,1,3H3,(H,15,17)(H,18,20). The van der Waals surface area contributed by atoms with E-state index in [2.05, 4.69) is 27.6 Å². The highest BCUT2D eigenvalue weighted by Gasteiger charge is 2.16. The number of ether oxygens (including phenoxy) is 1. The number of hydrazine groups is 1. The van der Waals surface area contributed by atoms with E-state index in [-0.39, 0.29) is 22.8 Å². The van der Waals surface area contributed by atoms with E-state index < -0.39 is 10.8 Å². The largest absolute Gasteiger partial charge is 0.490 e. The molecule has 9 heteroatoms. The van der Waals surface area contributed by atoms with Crippen LogP contribution < -0.4 is 15.6 Å². The van der Waals surface area contributed by atoms with Crippen molar-refractivity contribution >= 4 is 17.3 Å². The van der Waals surface area contributed by atoms with Crippen molar-refractivity contribution in [1.29, 1.82) is 0 Å². The molecule has 0 spiro atoms. The zero-order valence-corrected chi connectivity index (χ0v) is 12.5. The number of amides is 1. The summed E-state index contributed by atoms with van der Waals surface area (Å²) < 4.78 is 4.93. The van der Waals surface area contributed by atoms with Crippen LogP contribution in [0.15, 0.2) is 30.8 Å². The second-order valence-corrected chi connectivity index (χ2v) is 4.64. The first-order valence-electron chi connectivity index (χ1n) is 6.52. The van der Waals surface area contributed by atoms with E-state index in [1.807, 2.05) is 0 Å². The monoisotopic (exact) mass is 317 g/mol. The molecule has 0 radical (unpaired) electrons. The minimum Gasteiger partial charge on any atom is -0.490 e. The van der Waals surface area contributed by atoms with Crippen molar-refractivity contribution in [2.75, 3.05) is 7.11 Å². The van der Waals surface area contributed by atoms with Gasteiger partial charge in [0.1, 0.15) is 0 Å². The lowest BCUT2D eigenvalue weighted by molar-refractivity contribution is -0.385. The maximum atomic E-state index is 11.8. The normalized spacial score (nSPS) is 10.0. The van der Waals surface area contributed by atoms with Crippen molar-refractivity contribution in [2.24, 2.45) is 0 Å². The topological polar surface area (TPSA) is 122 Å². The smallest absolute Gasteiger partial charge is 0.311 e. The van der Waals surface area contributed by atoms with Gasteiger partial charge in [0.25, 0.3) is 5.91 Å².